The van der Waals surface area contributed by atoms with Gasteiger partial charge in [-0.25, -0.2) is 0 Å². The van der Waals surface area contributed by atoms with E-state index in [2.05, 4.69) is 21.2 Å². The Hall–Kier alpha value is -1.58. The molecule has 4 nitrogen and oxygen atoms in total. The molecule has 1 aliphatic rings. The first-order chi connectivity index (χ1) is 11.8. The molecule has 1 fully saturated rings. The Morgan fingerprint density at radius 1 is 1.20 bits per heavy atom. The van der Waals surface area contributed by atoms with Crippen LogP contribution in [0.3, 0.4) is 0 Å². The molecule has 1 N–H and O–H groups in total. The van der Waals surface area contributed by atoms with E-state index >= 15 is 0 Å². The SMILES string of the molecule is O=C(Nc1cc(C(F)(F)F)ccc1N1CCOCC1)c1ccc(Br)s1. The lowest BCUT2D eigenvalue weighted by Crippen LogP contribution is -2.36. The zero-order chi connectivity index (χ0) is 18.0. The number of carbonyl (C=O) groups excluding carboxylic acids is 1. The quantitative estimate of drug-likeness (QED) is 0.766. The number of nitrogens with one attached hydrogen (secondary N) is 1. The first-order valence-electron chi connectivity index (χ1n) is 7.45. The van der Waals surface area contributed by atoms with Gasteiger partial charge >= 0.3 is 6.18 Å². The van der Waals surface area contributed by atoms with Gasteiger partial charge in [0.25, 0.3) is 5.91 Å². The number of hydrogen-bond donors (Lipinski definition) is 1. The number of nitrogens with zero attached hydrogens (tertiary/aromatic N) is 1. The molecule has 9 heteroatoms. The minimum absolute atomic E-state index is 0.145. The van der Waals surface area contributed by atoms with E-state index in [1.807, 2.05) is 4.90 Å². The summed E-state index contributed by atoms with van der Waals surface area (Å²) in [6.45, 7) is 2.09. The number of morpholine rings is 1. The molecule has 0 saturated carbocycles. The zero-order valence-corrected chi connectivity index (χ0v) is 15.3. The minimum Gasteiger partial charge on any atom is -0.378 e. The van der Waals surface area contributed by atoms with E-state index in [1.54, 1.807) is 12.1 Å². The summed E-state index contributed by atoms with van der Waals surface area (Å²) in [6.07, 6.45) is -4.48. The third kappa shape index (κ3) is 4.34. The number of carbonyl (C=O) groups is 1. The van der Waals surface area contributed by atoms with E-state index in [-0.39, 0.29) is 5.69 Å². The summed E-state index contributed by atoms with van der Waals surface area (Å²) >= 11 is 4.48. The second-order valence-electron chi connectivity index (χ2n) is 5.39. The Morgan fingerprint density at radius 2 is 1.92 bits per heavy atom. The third-order valence-corrected chi connectivity index (χ3v) is 5.34. The molecule has 0 atom stereocenters. The Balaban J connectivity index is 1.93. The van der Waals surface area contributed by atoms with Crippen molar-refractivity contribution in [3.8, 4) is 0 Å². The monoisotopic (exact) mass is 434 g/mol. The van der Waals surface area contributed by atoms with Gasteiger partial charge in [0.15, 0.2) is 0 Å². The molecule has 1 saturated heterocycles. The average Bonchev–Trinajstić information content (AvgIpc) is 3.01. The molecule has 0 aliphatic carbocycles. The van der Waals surface area contributed by atoms with Gasteiger partial charge in [-0.05, 0) is 46.3 Å². The number of anilines is 2. The van der Waals surface area contributed by atoms with Crippen LogP contribution >= 0.6 is 27.3 Å². The number of ether oxygens (including phenoxy) is 1. The van der Waals surface area contributed by atoms with Crippen LogP contribution in [0.5, 0.6) is 0 Å². The Labute approximate surface area is 154 Å². The highest BCUT2D eigenvalue weighted by atomic mass is 79.9. The van der Waals surface area contributed by atoms with Crippen LogP contribution in [-0.2, 0) is 10.9 Å². The van der Waals surface area contributed by atoms with Crippen molar-refractivity contribution >= 4 is 44.5 Å². The van der Waals surface area contributed by atoms with Crippen LogP contribution in [0, 0.1) is 0 Å². The molecule has 1 aromatic carbocycles. The highest BCUT2D eigenvalue weighted by Crippen LogP contribution is 2.36. The molecule has 0 spiro atoms. The van der Waals surface area contributed by atoms with Crippen molar-refractivity contribution in [3.63, 3.8) is 0 Å². The van der Waals surface area contributed by atoms with Crippen LogP contribution in [0.2, 0.25) is 0 Å². The molecular formula is C16H14BrF3N2O2S. The number of benzene rings is 1. The average molecular weight is 435 g/mol. The number of amides is 1. The lowest BCUT2D eigenvalue weighted by atomic mass is 10.1. The number of rotatable bonds is 3. The topological polar surface area (TPSA) is 41.6 Å². The standard InChI is InChI=1S/C16H14BrF3N2O2S/c17-14-4-3-13(25-14)15(23)21-11-9-10(16(18,19)20)1-2-12(11)22-5-7-24-8-6-22/h1-4,9H,5-8H2,(H,21,23). The summed E-state index contributed by atoms with van der Waals surface area (Å²) in [5, 5.41) is 2.62. The maximum atomic E-state index is 13.1. The van der Waals surface area contributed by atoms with E-state index in [1.165, 1.54) is 17.4 Å². The fourth-order valence-electron chi connectivity index (χ4n) is 2.51. The van der Waals surface area contributed by atoms with Crippen LogP contribution < -0.4 is 10.2 Å². The normalized spacial score (nSPS) is 15.3. The van der Waals surface area contributed by atoms with Crippen LogP contribution in [0.25, 0.3) is 0 Å². The van der Waals surface area contributed by atoms with Crippen molar-refractivity contribution in [3.05, 3.63) is 44.6 Å². The van der Waals surface area contributed by atoms with Crippen LogP contribution in [0.4, 0.5) is 24.5 Å². The molecule has 0 bridgehead atoms. The summed E-state index contributed by atoms with van der Waals surface area (Å²) in [5.41, 5.74) is -0.0984. The summed E-state index contributed by atoms with van der Waals surface area (Å²) in [6, 6.07) is 6.74. The zero-order valence-electron chi connectivity index (χ0n) is 12.9. The van der Waals surface area contributed by atoms with Crippen molar-refractivity contribution in [1.82, 2.24) is 0 Å². The molecular weight excluding hydrogens is 421 g/mol. The Bertz CT molecular complexity index is 773. The maximum Gasteiger partial charge on any atom is 0.416 e. The maximum absolute atomic E-state index is 13.1. The fraction of sp³-hybridized carbons (Fsp3) is 0.312. The van der Waals surface area contributed by atoms with Crippen molar-refractivity contribution in [2.24, 2.45) is 0 Å². The van der Waals surface area contributed by atoms with E-state index < -0.39 is 17.6 Å². The largest absolute Gasteiger partial charge is 0.416 e. The molecule has 0 radical (unpaired) electrons. The smallest absolute Gasteiger partial charge is 0.378 e. The van der Waals surface area contributed by atoms with Crippen LogP contribution in [0.1, 0.15) is 15.2 Å². The van der Waals surface area contributed by atoms with Gasteiger partial charge in [-0.1, -0.05) is 0 Å². The number of thiophene rings is 1. The number of alkyl halides is 3. The van der Waals surface area contributed by atoms with Crippen molar-refractivity contribution in [2.75, 3.05) is 36.5 Å². The molecule has 3 rings (SSSR count). The molecule has 1 amide bonds. The van der Waals surface area contributed by atoms with Gasteiger partial charge in [-0.2, -0.15) is 13.2 Å². The Kier molecular flexibility index (Phi) is 5.35. The second kappa shape index (κ2) is 7.35. The third-order valence-electron chi connectivity index (χ3n) is 3.72. The predicted octanol–water partition coefficient (Wildman–Crippen LogP) is 4.62. The van der Waals surface area contributed by atoms with Crippen molar-refractivity contribution < 1.29 is 22.7 Å². The molecule has 0 unspecified atom stereocenters. The first-order valence-corrected chi connectivity index (χ1v) is 9.06. The van der Waals surface area contributed by atoms with Crippen LogP contribution in [-0.4, -0.2) is 32.2 Å². The molecule has 25 heavy (non-hydrogen) atoms. The van der Waals surface area contributed by atoms with E-state index in [0.717, 1.165) is 15.9 Å². The van der Waals surface area contributed by atoms with Crippen LogP contribution in [0.15, 0.2) is 34.1 Å². The molecule has 134 valence electrons. The summed E-state index contributed by atoms with van der Waals surface area (Å²) in [4.78, 5) is 14.7. The lowest BCUT2D eigenvalue weighted by Gasteiger charge is -2.31. The molecule has 2 aromatic rings. The fourth-order valence-corrected chi connectivity index (χ4v) is 3.79. The van der Waals surface area contributed by atoms with Gasteiger partial charge < -0.3 is 15.0 Å². The minimum atomic E-state index is -4.48. The van der Waals surface area contributed by atoms with Gasteiger partial charge in [0.1, 0.15) is 0 Å². The summed E-state index contributed by atoms with van der Waals surface area (Å²) in [5.74, 6) is -0.440. The first kappa shape index (κ1) is 18.2. The lowest BCUT2D eigenvalue weighted by molar-refractivity contribution is -0.137. The Morgan fingerprint density at radius 3 is 2.52 bits per heavy atom. The van der Waals surface area contributed by atoms with Crippen molar-refractivity contribution in [2.45, 2.75) is 6.18 Å². The van der Waals surface area contributed by atoms with Gasteiger partial charge in [0.2, 0.25) is 0 Å². The summed E-state index contributed by atoms with van der Waals surface area (Å²) in [7, 11) is 0. The van der Waals surface area contributed by atoms with E-state index in [9.17, 15) is 18.0 Å². The number of halogens is 4. The van der Waals surface area contributed by atoms with Gasteiger partial charge in [-0.15, -0.1) is 11.3 Å². The van der Waals surface area contributed by atoms with Crippen molar-refractivity contribution in [1.29, 1.82) is 0 Å². The van der Waals surface area contributed by atoms with E-state index in [4.69, 9.17) is 4.74 Å². The highest BCUT2D eigenvalue weighted by molar-refractivity contribution is 9.11. The molecule has 2 heterocycles. The predicted molar refractivity (Wildman–Crippen MR) is 94.4 cm³/mol. The van der Waals surface area contributed by atoms with Gasteiger partial charge in [0.05, 0.1) is 38.8 Å². The number of hydrogen-bond acceptors (Lipinski definition) is 4. The van der Waals surface area contributed by atoms with E-state index in [0.29, 0.717) is 36.9 Å². The van der Waals surface area contributed by atoms with Gasteiger partial charge in [-0.3, -0.25) is 4.79 Å². The summed E-state index contributed by atoms with van der Waals surface area (Å²) < 4.78 is 45.2. The second-order valence-corrected chi connectivity index (χ2v) is 7.85. The van der Waals surface area contributed by atoms with Gasteiger partial charge in [0, 0.05) is 13.1 Å². The molecule has 1 aromatic heterocycles. The molecule has 1 aliphatic heterocycles. The highest BCUT2D eigenvalue weighted by Gasteiger charge is 2.32.